The van der Waals surface area contributed by atoms with Crippen molar-refractivity contribution >= 4 is 12.6 Å². The van der Waals surface area contributed by atoms with Crippen LogP contribution in [0, 0.1) is 10.8 Å². The molecule has 72 valence electrons. The van der Waals surface area contributed by atoms with Crippen molar-refractivity contribution in [2.45, 2.75) is 58.6 Å². The van der Waals surface area contributed by atoms with E-state index in [1.165, 1.54) is 25.7 Å². The molecule has 0 aromatic carbocycles. The molecule has 1 rings (SSSR count). The van der Waals surface area contributed by atoms with Crippen molar-refractivity contribution < 1.29 is 0 Å². The molecular formula is C11H22S. The van der Waals surface area contributed by atoms with Crippen molar-refractivity contribution in [3.05, 3.63) is 0 Å². The Morgan fingerprint density at radius 2 is 1.83 bits per heavy atom. The zero-order valence-electron chi connectivity index (χ0n) is 8.85. The average molecular weight is 186 g/mol. The maximum atomic E-state index is 4.64. The van der Waals surface area contributed by atoms with Crippen molar-refractivity contribution in [1.29, 1.82) is 0 Å². The van der Waals surface area contributed by atoms with Crippen LogP contribution in [0.15, 0.2) is 0 Å². The van der Waals surface area contributed by atoms with Gasteiger partial charge in [0.2, 0.25) is 0 Å². The van der Waals surface area contributed by atoms with Crippen molar-refractivity contribution in [2.75, 3.05) is 0 Å². The lowest BCUT2D eigenvalue weighted by atomic mass is 9.63. The molecule has 0 nitrogen and oxygen atoms in total. The van der Waals surface area contributed by atoms with Crippen LogP contribution in [0.1, 0.15) is 53.4 Å². The van der Waals surface area contributed by atoms with Gasteiger partial charge < -0.3 is 0 Å². The minimum atomic E-state index is 0.509. The molecule has 2 unspecified atom stereocenters. The van der Waals surface area contributed by atoms with E-state index in [9.17, 15) is 0 Å². The van der Waals surface area contributed by atoms with Gasteiger partial charge in [-0.15, -0.1) is 0 Å². The summed E-state index contributed by atoms with van der Waals surface area (Å²) in [5.74, 6) is 0. The van der Waals surface area contributed by atoms with Crippen LogP contribution in [-0.4, -0.2) is 5.25 Å². The monoisotopic (exact) mass is 186 g/mol. The molecule has 0 aromatic heterocycles. The van der Waals surface area contributed by atoms with E-state index >= 15 is 0 Å². The lowest BCUT2D eigenvalue weighted by Gasteiger charge is -2.45. The van der Waals surface area contributed by atoms with Gasteiger partial charge in [0, 0.05) is 5.25 Å². The van der Waals surface area contributed by atoms with E-state index in [0.717, 1.165) is 0 Å². The van der Waals surface area contributed by atoms with E-state index in [4.69, 9.17) is 0 Å². The topological polar surface area (TPSA) is 0 Å². The van der Waals surface area contributed by atoms with Crippen molar-refractivity contribution in [3.63, 3.8) is 0 Å². The van der Waals surface area contributed by atoms with Gasteiger partial charge in [0.25, 0.3) is 0 Å². The molecule has 2 atom stereocenters. The predicted molar refractivity (Wildman–Crippen MR) is 58.8 cm³/mol. The highest BCUT2D eigenvalue weighted by Gasteiger charge is 2.38. The van der Waals surface area contributed by atoms with Gasteiger partial charge in [0.1, 0.15) is 0 Å². The van der Waals surface area contributed by atoms with Crippen molar-refractivity contribution in [1.82, 2.24) is 0 Å². The highest BCUT2D eigenvalue weighted by Crippen LogP contribution is 2.49. The first-order valence-electron chi connectivity index (χ1n) is 5.05. The molecule has 1 aliphatic rings. The Morgan fingerprint density at radius 1 is 1.25 bits per heavy atom. The Hall–Kier alpha value is 0.350. The maximum Gasteiger partial charge on any atom is 0.00270 e. The molecule has 1 saturated carbocycles. The minimum absolute atomic E-state index is 0.509. The maximum absolute atomic E-state index is 4.64. The second-order valence-corrected chi connectivity index (χ2v) is 6.30. The molecule has 1 aliphatic carbocycles. The summed E-state index contributed by atoms with van der Waals surface area (Å²) in [4.78, 5) is 0. The molecule has 0 aliphatic heterocycles. The van der Waals surface area contributed by atoms with Crippen LogP contribution >= 0.6 is 12.6 Å². The smallest absolute Gasteiger partial charge is 0.00270 e. The third kappa shape index (κ3) is 2.42. The second kappa shape index (κ2) is 3.25. The summed E-state index contributed by atoms with van der Waals surface area (Å²) in [5.41, 5.74) is 1.06. The number of hydrogen-bond donors (Lipinski definition) is 1. The van der Waals surface area contributed by atoms with E-state index in [2.05, 4.69) is 40.3 Å². The highest BCUT2D eigenvalue weighted by molar-refractivity contribution is 7.80. The number of rotatable bonds is 1. The molecule has 0 aromatic rings. The summed E-state index contributed by atoms with van der Waals surface area (Å²) in [6.45, 7) is 9.48. The molecule has 0 heterocycles. The molecule has 0 bridgehead atoms. The van der Waals surface area contributed by atoms with Gasteiger partial charge in [0.05, 0.1) is 0 Å². The van der Waals surface area contributed by atoms with Gasteiger partial charge in [0.15, 0.2) is 0 Å². The standard InChI is InChI=1S/C11H22S/c1-5-11(4)7-9(12)6-10(2,3)8-11/h9,12H,5-8H2,1-4H3. The van der Waals surface area contributed by atoms with E-state index in [1.807, 2.05) is 0 Å². The van der Waals surface area contributed by atoms with Gasteiger partial charge in [-0.05, 0) is 30.1 Å². The summed E-state index contributed by atoms with van der Waals surface area (Å²) in [6, 6.07) is 0. The number of hydrogen-bond acceptors (Lipinski definition) is 1. The normalized spacial score (nSPS) is 41.2. The average Bonchev–Trinajstić information content (AvgIpc) is 1.82. The van der Waals surface area contributed by atoms with Gasteiger partial charge in [-0.3, -0.25) is 0 Å². The Bertz CT molecular complexity index is 162. The van der Waals surface area contributed by atoms with Gasteiger partial charge in [-0.2, -0.15) is 12.6 Å². The molecule has 0 N–H and O–H groups in total. The first kappa shape index (κ1) is 10.4. The predicted octanol–water partition coefficient (Wildman–Crippen LogP) is 3.91. The van der Waals surface area contributed by atoms with Crippen molar-refractivity contribution in [2.24, 2.45) is 10.8 Å². The van der Waals surface area contributed by atoms with E-state index in [0.29, 0.717) is 16.1 Å². The van der Waals surface area contributed by atoms with Crippen molar-refractivity contribution in [3.8, 4) is 0 Å². The van der Waals surface area contributed by atoms with E-state index < -0.39 is 0 Å². The zero-order valence-corrected chi connectivity index (χ0v) is 9.75. The summed E-state index contributed by atoms with van der Waals surface area (Å²) in [6.07, 6.45) is 5.25. The molecule has 12 heavy (non-hydrogen) atoms. The Labute approximate surface area is 82.5 Å². The van der Waals surface area contributed by atoms with Crippen LogP contribution < -0.4 is 0 Å². The fourth-order valence-corrected chi connectivity index (χ4v) is 3.78. The minimum Gasteiger partial charge on any atom is -0.176 e. The molecule has 1 fully saturated rings. The highest BCUT2D eigenvalue weighted by atomic mass is 32.1. The van der Waals surface area contributed by atoms with Crippen LogP contribution in [0.5, 0.6) is 0 Å². The summed E-state index contributed by atoms with van der Waals surface area (Å²) in [7, 11) is 0. The largest absolute Gasteiger partial charge is 0.176 e. The van der Waals surface area contributed by atoms with Crippen LogP contribution in [0.4, 0.5) is 0 Å². The van der Waals surface area contributed by atoms with E-state index in [1.54, 1.807) is 0 Å². The Kier molecular flexibility index (Phi) is 2.82. The third-order valence-corrected chi connectivity index (χ3v) is 3.64. The SMILES string of the molecule is CCC1(C)CC(S)CC(C)(C)C1. The Morgan fingerprint density at radius 3 is 2.25 bits per heavy atom. The molecule has 0 radical (unpaired) electrons. The lowest BCUT2D eigenvalue weighted by molar-refractivity contribution is 0.101. The summed E-state index contributed by atoms with van der Waals surface area (Å²) < 4.78 is 0. The fraction of sp³-hybridized carbons (Fsp3) is 1.00. The molecular weight excluding hydrogens is 164 g/mol. The van der Waals surface area contributed by atoms with Gasteiger partial charge in [-0.25, -0.2) is 0 Å². The Balaban J connectivity index is 2.70. The van der Waals surface area contributed by atoms with Crippen LogP contribution in [0.2, 0.25) is 0 Å². The summed E-state index contributed by atoms with van der Waals surface area (Å²) >= 11 is 4.64. The first-order chi connectivity index (χ1) is 5.37. The number of thiol groups is 1. The van der Waals surface area contributed by atoms with Gasteiger partial charge in [-0.1, -0.05) is 34.1 Å². The van der Waals surface area contributed by atoms with E-state index in [-0.39, 0.29) is 0 Å². The summed E-state index contributed by atoms with van der Waals surface area (Å²) in [5, 5.41) is 0.624. The zero-order chi connectivity index (χ0) is 9.41. The third-order valence-electron chi connectivity index (χ3n) is 3.28. The fourth-order valence-electron chi connectivity index (χ4n) is 2.85. The molecule has 1 heteroatoms. The van der Waals surface area contributed by atoms with Gasteiger partial charge >= 0.3 is 0 Å². The molecule has 0 spiro atoms. The lowest BCUT2D eigenvalue weighted by Crippen LogP contribution is -2.35. The molecule has 0 amide bonds. The second-order valence-electron chi connectivity index (χ2n) is 5.57. The molecule has 0 saturated heterocycles. The van der Waals surface area contributed by atoms with Crippen LogP contribution in [0.25, 0.3) is 0 Å². The first-order valence-corrected chi connectivity index (χ1v) is 5.57. The quantitative estimate of drug-likeness (QED) is 0.590. The van der Waals surface area contributed by atoms with Crippen LogP contribution in [0.3, 0.4) is 0 Å². The van der Waals surface area contributed by atoms with Crippen LogP contribution in [-0.2, 0) is 0 Å².